The maximum atomic E-state index is 12.0. The lowest BCUT2D eigenvalue weighted by Crippen LogP contribution is -2.15. The number of pyridine rings is 1. The summed E-state index contributed by atoms with van der Waals surface area (Å²) in [5.41, 5.74) is 1.06. The zero-order chi connectivity index (χ0) is 13.1. The Hall–Kier alpha value is -0.660. The van der Waals surface area contributed by atoms with E-state index in [2.05, 4.69) is 48.8 Å². The molecule has 0 bridgehead atoms. The van der Waals surface area contributed by atoms with Gasteiger partial charge in [0.05, 0.1) is 5.69 Å². The largest absolute Gasteiger partial charge is 0.320 e. The van der Waals surface area contributed by atoms with Crippen LogP contribution in [0, 0.1) is 3.57 Å². The van der Waals surface area contributed by atoms with Crippen molar-refractivity contribution in [1.29, 1.82) is 0 Å². The lowest BCUT2D eigenvalue weighted by Gasteiger charge is -2.08. The van der Waals surface area contributed by atoms with Crippen LogP contribution in [0.5, 0.6) is 0 Å². The standard InChI is InChI=1S/C12H7BrClIN2O/c13-8-2-1-5-16-11(8)12(18)17-10-4-3-7(14)6-9(10)15/h1-6H,(H,17,18). The van der Waals surface area contributed by atoms with Crippen molar-refractivity contribution in [2.24, 2.45) is 0 Å². The van der Waals surface area contributed by atoms with Gasteiger partial charge < -0.3 is 5.32 Å². The van der Waals surface area contributed by atoms with Crippen molar-refractivity contribution in [3.8, 4) is 0 Å². The molecule has 0 aliphatic heterocycles. The van der Waals surface area contributed by atoms with Gasteiger partial charge >= 0.3 is 0 Å². The van der Waals surface area contributed by atoms with Crippen LogP contribution in [0.15, 0.2) is 41.0 Å². The summed E-state index contributed by atoms with van der Waals surface area (Å²) in [6, 6.07) is 8.80. The Morgan fingerprint density at radius 2 is 2.17 bits per heavy atom. The van der Waals surface area contributed by atoms with E-state index >= 15 is 0 Å². The molecular weight excluding hydrogens is 430 g/mol. The highest BCUT2D eigenvalue weighted by molar-refractivity contribution is 14.1. The van der Waals surface area contributed by atoms with Gasteiger partial charge in [0.1, 0.15) is 5.69 Å². The predicted molar refractivity (Wildman–Crippen MR) is 84.1 cm³/mol. The van der Waals surface area contributed by atoms with Gasteiger partial charge in [-0.25, -0.2) is 4.98 Å². The third-order valence-electron chi connectivity index (χ3n) is 2.15. The third-order valence-corrected chi connectivity index (χ3v) is 3.92. The zero-order valence-electron chi connectivity index (χ0n) is 8.95. The first-order chi connectivity index (χ1) is 8.58. The van der Waals surface area contributed by atoms with Crippen LogP contribution in [0.2, 0.25) is 5.02 Å². The van der Waals surface area contributed by atoms with Gasteiger partial charge in [-0.1, -0.05) is 11.6 Å². The smallest absolute Gasteiger partial charge is 0.275 e. The number of aromatic nitrogens is 1. The molecule has 2 aromatic rings. The predicted octanol–water partition coefficient (Wildman–Crippen LogP) is 4.35. The van der Waals surface area contributed by atoms with Gasteiger partial charge in [0.15, 0.2) is 0 Å². The highest BCUT2D eigenvalue weighted by Gasteiger charge is 2.12. The molecule has 1 aromatic carbocycles. The van der Waals surface area contributed by atoms with Crippen molar-refractivity contribution in [3.63, 3.8) is 0 Å². The van der Waals surface area contributed by atoms with Crippen LogP contribution < -0.4 is 5.32 Å². The lowest BCUT2D eigenvalue weighted by atomic mass is 10.3. The third kappa shape index (κ3) is 3.21. The number of nitrogens with one attached hydrogen (secondary N) is 1. The van der Waals surface area contributed by atoms with Gasteiger partial charge in [-0.2, -0.15) is 0 Å². The molecule has 0 spiro atoms. The normalized spacial score (nSPS) is 10.2. The molecule has 0 saturated heterocycles. The van der Waals surface area contributed by atoms with Crippen molar-refractivity contribution in [2.75, 3.05) is 5.32 Å². The summed E-state index contributed by atoms with van der Waals surface area (Å²) in [5, 5.41) is 3.43. The Labute approximate surface area is 131 Å². The van der Waals surface area contributed by atoms with E-state index in [4.69, 9.17) is 11.6 Å². The molecule has 0 unspecified atom stereocenters. The number of rotatable bonds is 2. The highest BCUT2D eigenvalue weighted by atomic mass is 127. The molecule has 18 heavy (non-hydrogen) atoms. The van der Waals surface area contributed by atoms with E-state index in [-0.39, 0.29) is 5.91 Å². The van der Waals surface area contributed by atoms with Crippen LogP contribution in [0.1, 0.15) is 10.5 Å². The maximum absolute atomic E-state index is 12.0. The first kappa shape index (κ1) is 13.8. The average Bonchev–Trinajstić information content (AvgIpc) is 2.33. The molecule has 1 amide bonds. The second-order valence-electron chi connectivity index (χ2n) is 3.41. The van der Waals surface area contributed by atoms with E-state index in [0.717, 1.165) is 3.57 Å². The average molecular weight is 437 g/mol. The van der Waals surface area contributed by atoms with E-state index in [9.17, 15) is 4.79 Å². The lowest BCUT2D eigenvalue weighted by molar-refractivity contribution is 0.102. The molecular formula is C12H7BrClIN2O. The molecule has 0 saturated carbocycles. The summed E-state index contributed by atoms with van der Waals surface area (Å²) in [6.45, 7) is 0. The van der Waals surface area contributed by atoms with Crippen molar-refractivity contribution in [2.45, 2.75) is 0 Å². The summed E-state index contributed by atoms with van der Waals surface area (Å²) >= 11 is 11.3. The Bertz CT molecular complexity index is 606. The molecule has 6 heteroatoms. The van der Waals surface area contributed by atoms with Crippen molar-refractivity contribution >= 4 is 61.7 Å². The van der Waals surface area contributed by atoms with Crippen LogP contribution in [0.3, 0.4) is 0 Å². The molecule has 92 valence electrons. The first-order valence-electron chi connectivity index (χ1n) is 4.95. The number of hydrogen-bond donors (Lipinski definition) is 1. The van der Waals surface area contributed by atoms with Gasteiger partial charge in [-0.05, 0) is 68.9 Å². The number of halogens is 3. The van der Waals surface area contributed by atoms with Crippen LogP contribution in [0.4, 0.5) is 5.69 Å². The van der Waals surface area contributed by atoms with Gasteiger partial charge in [0.2, 0.25) is 0 Å². The molecule has 1 N–H and O–H groups in total. The number of carbonyl (C=O) groups excluding carboxylic acids is 1. The van der Waals surface area contributed by atoms with Crippen molar-refractivity contribution in [3.05, 3.63) is 55.3 Å². The fraction of sp³-hybridized carbons (Fsp3) is 0. The van der Waals surface area contributed by atoms with E-state index in [0.29, 0.717) is 20.9 Å². The minimum Gasteiger partial charge on any atom is -0.320 e. The molecule has 2 rings (SSSR count). The van der Waals surface area contributed by atoms with Gasteiger partial charge in [0.25, 0.3) is 5.91 Å². The van der Waals surface area contributed by atoms with E-state index in [1.165, 1.54) is 0 Å². The number of nitrogens with zero attached hydrogens (tertiary/aromatic N) is 1. The highest BCUT2D eigenvalue weighted by Crippen LogP contribution is 2.23. The fourth-order valence-electron chi connectivity index (χ4n) is 1.33. The summed E-state index contributed by atoms with van der Waals surface area (Å²) in [5.74, 6) is -0.261. The molecule has 3 nitrogen and oxygen atoms in total. The molecule has 1 heterocycles. The molecule has 0 fully saturated rings. The number of hydrogen-bond acceptors (Lipinski definition) is 2. The van der Waals surface area contributed by atoms with Crippen molar-refractivity contribution in [1.82, 2.24) is 4.98 Å². The van der Waals surface area contributed by atoms with E-state index in [1.54, 1.807) is 36.5 Å². The second kappa shape index (κ2) is 5.99. The molecule has 0 radical (unpaired) electrons. The number of carbonyl (C=O) groups is 1. The molecule has 0 atom stereocenters. The van der Waals surface area contributed by atoms with Gasteiger partial charge in [0, 0.05) is 19.3 Å². The van der Waals surface area contributed by atoms with E-state index in [1.807, 2.05) is 0 Å². The molecule has 0 aliphatic rings. The monoisotopic (exact) mass is 436 g/mol. The maximum Gasteiger partial charge on any atom is 0.275 e. The first-order valence-corrected chi connectivity index (χ1v) is 7.20. The molecule has 0 aliphatic carbocycles. The summed E-state index contributed by atoms with van der Waals surface area (Å²) in [6.07, 6.45) is 1.58. The Balaban J connectivity index is 2.24. The number of anilines is 1. The van der Waals surface area contributed by atoms with Crippen molar-refractivity contribution < 1.29 is 4.79 Å². The number of benzene rings is 1. The Morgan fingerprint density at radius 3 is 2.83 bits per heavy atom. The fourth-order valence-corrected chi connectivity index (χ4v) is 2.77. The molecule has 1 aromatic heterocycles. The Morgan fingerprint density at radius 1 is 1.39 bits per heavy atom. The van der Waals surface area contributed by atoms with Crippen LogP contribution in [-0.4, -0.2) is 10.9 Å². The SMILES string of the molecule is O=C(Nc1ccc(Cl)cc1I)c1ncccc1Br. The summed E-state index contributed by atoms with van der Waals surface area (Å²) in [4.78, 5) is 16.1. The Kier molecular flexibility index (Phi) is 4.58. The minimum atomic E-state index is -0.261. The summed E-state index contributed by atoms with van der Waals surface area (Å²) in [7, 11) is 0. The van der Waals surface area contributed by atoms with Gasteiger partial charge in [-0.3, -0.25) is 4.79 Å². The van der Waals surface area contributed by atoms with E-state index < -0.39 is 0 Å². The zero-order valence-corrected chi connectivity index (χ0v) is 13.5. The van der Waals surface area contributed by atoms with Gasteiger partial charge in [-0.15, -0.1) is 0 Å². The summed E-state index contributed by atoms with van der Waals surface area (Å²) < 4.78 is 1.53. The van der Waals surface area contributed by atoms with Crippen LogP contribution in [0.25, 0.3) is 0 Å². The minimum absolute atomic E-state index is 0.261. The quantitative estimate of drug-likeness (QED) is 0.710. The van der Waals surface area contributed by atoms with Crippen LogP contribution >= 0.6 is 50.1 Å². The topological polar surface area (TPSA) is 42.0 Å². The van der Waals surface area contributed by atoms with Crippen LogP contribution in [-0.2, 0) is 0 Å². The second-order valence-corrected chi connectivity index (χ2v) is 5.87. The number of amides is 1.